The van der Waals surface area contributed by atoms with Crippen LogP contribution in [0.1, 0.15) is 5.56 Å². The molecule has 19 heavy (non-hydrogen) atoms. The summed E-state index contributed by atoms with van der Waals surface area (Å²) < 4.78 is 1.90. The van der Waals surface area contributed by atoms with E-state index in [2.05, 4.69) is 35.5 Å². The summed E-state index contributed by atoms with van der Waals surface area (Å²) in [5.41, 5.74) is 3.33. The molecule has 3 heteroatoms. The van der Waals surface area contributed by atoms with Gasteiger partial charge in [0.15, 0.2) is 0 Å². The molecule has 0 fully saturated rings. The molecule has 0 saturated carbocycles. The van der Waals surface area contributed by atoms with Crippen molar-refractivity contribution < 1.29 is 0 Å². The monoisotopic (exact) mass is 249 g/mol. The Morgan fingerprint density at radius 1 is 0.947 bits per heavy atom. The zero-order valence-corrected chi connectivity index (χ0v) is 10.7. The van der Waals surface area contributed by atoms with E-state index in [1.54, 1.807) is 6.20 Å². The molecule has 0 amide bonds. The van der Waals surface area contributed by atoms with Gasteiger partial charge in [0.25, 0.3) is 0 Å². The van der Waals surface area contributed by atoms with Gasteiger partial charge in [-0.05, 0) is 36.8 Å². The normalized spacial score (nSPS) is 10.4. The minimum Gasteiger partial charge on any atom is -0.340 e. The first kappa shape index (κ1) is 11.5. The molecule has 3 rings (SSSR count). The highest BCUT2D eigenvalue weighted by atomic mass is 15.3. The number of hydrogen-bond donors (Lipinski definition) is 1. The van der Waals surface area contributed by atoms with Crippen molar-refractivity contribution in [1.82, 2.24) is 9.78 Å². The highest BCUT2D eigenvalue weighted by Gasteiger charge is 2.04. The Hall–Kier alpha value is -2.55. The molecule has 0 aliphatic heterocycles. The highest BCUT2D eigenvalue weighted by Crippen LogP contribution is 2.19. The van der Waals surface area contributed by atoms with Gasteiger partial charge in [-0.1, -0.05) is 30.3 Å². The standard InChI is InChI=1S/C16H15N3/c1-13-6-5-9-15(12-13)19-16(10-11-17-19)18-14-7-3-2-4-8-14/h2-12,18H,1H3. The molecule has 94 valence electrons. The number of hydrogen-bond acceptors (Lipinski definition) is 2. The summed E-state index contributed by atoms with van der Waals surface area (Å²) in [4.78, 5) is 0. The lowest BCUT2D eigenvalue weighted by Gasteiger charge is -2.10. The van der Waals surface area contributed by atoms with Crippen molar-refractivity contribution in [2.75, 3.05) is 5.32 Å². The van der Waals surface area contributed by atoms with E-state index in [-0.39, 0.29) is 0 Å². The minimum atomic E-state index is 0.955. The lowest BCUT2D eigenvalue weighted by atomic mass is 10.2. The van der Waals surface area contributed by atoms with E-state index in [1.165, 1.54) is 5.56 Å². The Labute approximate surface area is 112 Å². The van der Waals surface area contributed by atoms with Crippen molar-refractivity contribution in [3.05, 3.63) is 72.4 Å². The van der Waals surface area contributed by atoms with Crippen LogP contribution in [0.25, 0.3) is 5.69 Å². The fourth-order valence-corrected chi connectivity index (χ4v) is 2.03. The number of benzene rings is 2. The Balaban J connectivity index is 1.95. The van der Waals surface area contributed by atoms with E-state index in [4.69, 9.17) is 0 Å². The first-order valence-electron chi connectivity index (χ1n) is 6.26. The minimum absolute atomic E-state index is 0.955. The molecule has 0 bridgehead atoms. The maximum absolute atomic E-state index is 4.38. The fourth-order valence-electron chi connectivity index (χ4n) is 2.03. The quantitative estimate of drug-likeness (QED) is 0.762. The predicted octanol–water partition coefficient (Wildman–Crippen LogP) is 3.92. The number of aromatic nitrogens is 2. The van der Waals surface area contributed by atoms with Crippen LogP contribution in [-0.4, -0.2) is 9.78 Å². The summed E-state index contributed by atoms with van der Waals surface area (Å²) in [7, 11) is 0. The lowest BCUT2D eigenvalue weighted by Crippen LogP contribution is -2.02. The molecule has 0 radical (unpaired) electrons. The summed E-state index contributed by atoms with van der Waals surface area (Å²) in [6, 6.07) is 20.3. The van der Waals surface area contributed by atoms with Crippen LogP contribution in [0.15, 0.2) is 66.9 Å². The topological polar surface area (TPSA) is 29.9 Å². The van der Waals surface area contributed by atoms with Crippen molar-refractivity contribution in [2.24, 2.45) is 0 Å². The van der Waals surface area contributed by atoms with Crippen molar-refractivity contribution >= 4 is 11.5 Å². The first-order chi connectivity index (χ1) is 9.33. The van der Waals surface area contributed by atoms with Gasteiger partial charge in [0.1, 0.15) is 5.82 Å². The second-order valence-corrected chi connectivity index (χ2v) is 4.46. The summed E-state index contributed by atoms with van der Waals surface area (Å²) in [5, 5.41) is 7.75. The summed E-state index contributed by atoms with van der Waals surface area (Å²) in [5.74, 6) is 0.955. The SMILES string of the molecule is Cc1cccc(-n2nccc2Nc2ccccc2)c1. The first-order valence-corrected chi connectivity index (χ1v) is 6.26. The number of para-hydroxylation sites is 1. The molecule has 1 heterocycles. The smallest absolute Gasteiger partial charge is 0.134 e. The molecule has 0 aliphatic rings. The average Bonchev–Trinajstić information content (AvgIpc) is 2.88. The van der Waals surface area contributed by atoms with Crippen LogP contribution in [0.2, 0.25) is 0 Å². The van der Waals surface area contributed by atoms with Crippen LogP contribution in [0.3, 0.4) is 0 Å². The van der Waals surface area contributed by atoms with Crippen molar-refractivity contribution in [1.29, 1.82) is 0 Å². The average molecular weight is 249 g/mol. The Morgan fingerprint density at radius 3 is 2.58 bits per heavy atom. The van der Waals surface area contributed by atoms with Crippen molar-refractivity contribution in [3.8, 4) is 5.69 Å². The summed E-state index contributed by atoms with van der Waals surface area (Å²) in [6.45, 7) is 2.08. The van der Waals surface area contributed by atoms with Crippen LogP contribution in [0, 0.1) is 6.92 Å². The van der Waals surface area contributed by atoms with E-state index < -0.39 is 0 Å². The maximum atomic E-state index is 4.38. The largest absolute Gasteiger partial charge is 0.340 e. The number of rotatable bonds is 3. The maximum Gasteiger partial charge on any atom is 0.134 e. The van der Waals surface area contributed by atoms with Crippen LogP contribution in [0.5, 0.6) is 0 Å². The Bertz CT molecular complexity index is 671. The molecule has 0 spiro atoms. The molecule has 0 unspecified atom stereocenters. The molecule has 3 nitrogen and oxygen atoms in total. The van der Waals surface area contributed by atoms with Gasteiger partial charge in [-0.2, -0.15) is 5.10 Å². The second kappa shape index (κ2) is 4.98. The lowest BCUT2D eigenvalue weighted by molar-refractivity contribution is 0.887. The molecule has 2 aromatic carbocycles. The van der Waals surface area contributed by atoms with Crippen LogP contribution < -0.4 is 5.32 Å². The molecule has 0 atom stereocenters. The second-order valence-electron chi connectivity index (χ2n) is 4.46. The van der Waals surface area contributed by atoms with Gasteiger partial charge in [0, 0.05) is 11.8 Å². The molecule has 3 aromatic rings. The van der Waals surface area contributed by atoms with E-state index in [9.17, 15) is 0 Å². The summed E-state index contributed by atoms with van der Waals surface area (Å²) in [6.07, 6.45) is 1.80. The van der Waals surface area contributed by atoms with E-state index in [1.807, 2.05) is 47.1 Å². The van der Waals surface area contributed by atoms with Gasteiger partial charge in [-0.15, -0.1) is 0 Å². The van der Waals surface area contributed by atoms with Gasteiger partial charge in [0.2, 0.25) is 0 Å². The number of nitrogens with one attached hydrogen (secondary N) is 1. The molecule has 1 aromatic heterocycles. The molecule has 0 saturated heterocycles. The van der Waals surface area contributed by atoms with Crippen LogP contribution >= 0.6 is 0 Å². The Morgan fingerprint density at radius 2 is 1.79 bits per heavy atom. The molecular weight excluding hydrogens is 234 g/mol. The predicted molar refractivity (Wildman–Crippen MR) is 78.0 cm³/mol. The zero-order chi connectivity index (χ0) is 13.1. The van der Waals surface area contributed by atoms with E-state index in [0.717, 1.165) is 17.2 Å². The van der Waals surface area contributed by atoms with Gasteiger partial charge in [-0.3, -0.25) is 0 Å². The van der Waals surface area contributed by atoms with Gasteiger partial charge >= 0.3 is 0 Å². The number of anilines is 2. The third kappa shape index (κ3) is 2.50. The Kier molecular flexibility index (Phi) is 3.02. The molecular formula is C16H15N3. The van der Waals surface area contributed by atoms with Crippen LogP contribution in [-0.2, 0) is 0 Å². The van der Waals surface area contributed by atoms with Crippen LogP contribution in [0.4, 0.5) is 11.5 Å². The van der Waals surface area contributed by atoms with E-state index in [0.29, 0.717) is 0 Å². The third-order valence-corrected chi connectivity index (χ3v) is 2.94. The van der Waals surface area contributed by atoms with Gasteiger partial charge in [-0.25, -0.2) is 4.68 Å². The van der Waals surface area contributed by atoms with Gasteiger partial charge < -0.3 is 5.32 Å². The van der Waals surface area contributed by atoms with E-state index >= 15 is 0 Å². The summed E-state index contributed by atoms with van der Waals surface area (Å²) >= 11 is 0. The zero-order valence-electron chi connectivity index (χ0n) is 10.7. The number of aryl methyl sites for hydroxylation is 1. The van der Waals surface area contributed by atoms with Crippen molar-refractivity contribution in [3.63, 3.8) is 0 Å². The van der Waals surface area contributed by atoms with Crippen molar-refractivity contribution in [2.45, 2.75) is 6.92 Å². The molecule has 0 aliphatic carbocycles. The fraction of sp³-hybridized carbons (Fsp3) is 0.0625. The highest BCUT2D eigenvalue weighted by molar-refractivity contribution is 5.58. The third-order valence-electron chi connectivity index (χ3n) is 2.94. The number of nitrogens with zero attached hydrogens (tertiary/aromatic N) is 2. The van der Waals surface area contributed by atoms with Gasteiger partial charge in [0.05, 0.1) is 11.9 Å². The molecule has 1 N–H and O–H groups in total.